The number of rotatable bonds is 4. The normalized spacial score (nSPS) is 17.9. The van der Waals surface area contributed by atoms with Gasteiger partial charge in [-0.25, -0.2) is 4.79 Å². The maximum Gasteiger partial charge on any atom is 0.334 e. The van der Waals surface area contributed by atoms with Gasteiger partial charge in [-0.2, -0.15) is 0 Å². The van der Waals surface area contributed by atoms with E-state index in [1.54, 1.807) is 55.1 Å². The van der Waals surface area contributed by atoms with Crippen molar-refractivity contribution in [2.45, 2.75) is 12.5 Å². The molecular weight excluding hydrogens is 482 g/mol. The van der Waals surface area contributed by atoms with E-state index in [0.717, 1.165) is 16.6 Å². The number of esters is 1. The summed E-state index contributed by atoms with van der Waals surface area (Å²) in [5.41, 5.74) is 4.04. The minimum atomic E-state index is -0.610. The predicted octanol–water partition coefficient (Wildman–Crippen LogP) is 4.15. The lowest BCUT2D eigenvalue weighted by Crippen LogP contribution is -2.38. The molecule has 184 valence electrons. The summed E-state index contributed by atoms with van der Waals surface area (Å²) in [7, 11) is 0. The summed E-state index contributed by atoms with van der Waals surface area (Å²) in [4.78, 5) is 45.9. The topological polar surface area (TPSA) is 101 Å². The first-order valence-corrected chi connectivity index (χ1v) is 12.1. The molecule has 0 saturated heterocycles. The van der Waals surface area contributed by atoms with Gasteiger partial charge in [-0.05, 0) is 23.8 Å². The zero-order chi connectivity index (χ0) is 25.8. The Balaban J connectivity index is 1.34. The number of para-hydroxylation sites is 3. The second-order valence-corrected chi connectivity index (χ2v) is 9.13. The molecule has 0 fully saturated rings. The predicted molar refractivity (Wildman–Crippen MR) is 140 cm³/mol. The summed E-state index contributed by atoms with van der Waals surface area (Å²) in [6, 6.07) is 21.2. The number of anilines is 1. The van der Waals surface area contributed by atoms with Crippen molar-refractivity contribution in [3.8, 4) is 5.75 Å². The summed E-state index contributed by atoms with van der Waals surface area (Å²) >= 11 is 0. The van der Waals surface area contributed by atoms with Gasteiger partial charge in [0, 0.05) is 35.3 Å². The fourth-order valence-electron chi connectivity index (χ4n) is 5.34. The summed E-state index contributed by atoms with van der Waals surface area (Å²) in [6.07, 6.45) is 5.23. The summed E-state index contributed by atoms with van der Waals surface area (Å²) in [5, 5.41) is 3.25. The molecule has 3 aromatic carbocycles. The lowest BCUT2D eigenvalue weighted by Gasteiger charge is -2.23. The van der Waals surface area contributed by atoms with Crippen molar-refractivity contribution in [3.63, 3.8) is 0 Å². The SMILES string of the molecule is O=C1NC(=O)C(c2cccc3ccoc23)=C1C1=NC=CN2c3c(cccc31)CC2C(=O)Oc1ccccc1. The molecule has 1 N–H and O–H groups in total. The van der Waals surface area contributed by atoms with Crippen LogP contribution in [0.1, 0.15) is 16.7 Å². The summed E-state index contributed by atoms with van der Waals surface area (Å²) in [6.45, 7) is 0. The smallest absolute Gasteiger partial charge is 0.334 e. The Morgan fingerprint density at radius 1 is 0.921 bits per heavy atom. The number of aliphatic imine (C=N–C) groups is 1. The first-order chi connectivity index (χ1) is 18.6. The lowest BCUT2D eigenvalue weighted by atomic mass is 9.92. The number of hydrogen-bond acceptors (Lipinski definition) is 7. The van der Waals surface area contributed by atoms with Crippen LogP contribution in [0.15, 0.2) is 106 Å². The van der Waals surface area contributed by atoms with E-state index in [1.807, 2.05) is 41.3 Å². The van der Waals surface area contributed by atoms with Crippen LogP contribution in [0.5, 0.6) is 5.75 Å². The monoisotopic (exact) mass is 501 g/mol. The van der Waals surface area contributed by atoms with Gasteiger partial charge < -0.3 is 14.1 Å². The molecule has 2 amide bonds. The highest BCUT2D eigenvalue weighted by atomic mass is 16.5. The molecule has 0 saturated carbocycles. The number of nitrogens with one attached hydrogen (secondary N) is 1. The van der Waals surface area contributed by atoms with Crippen molar-refractivity contribution in [2.75, 3.05) is 4.90 Å². The number of fused-ring (bicyclic) bond motifs is 1. The number of ether oxygens (including phenoxy) is 1. The molecule has 3 aliphatic heterocycles. The van der Waals surface area contributed by atoms with Gasteiger partial charge in [0.2, 0.25) is 0 Å². The van der Waals surface area contributed by atoms with Crippen LogP contribution < -0.4 is 15.0 Å². The number of carbonyl (C=O) groups excluding carboxylic acids is 3. The molecule has 3 aliphatic rings. The zero-order valence-corrected chi connectivity index (χ0v) is 19.9. The molecule has 1 atom stereocenters. The zero-order valence-electron chi connectivity index (χ0n) is 19.9. The van der Waals surface area contributed by atoms with Gasteiger partial charge >= 0.3 is 5.97 Å². The van der Waals surface area contributed by atoms with Crippen molar-refractivity contribution in [1.29, 1.82) is 0 Å². The van der Waals surface area contributed by atoms with Gasteiger partial charge in [-0.15, -0.1) is 0 Å². The van der Waals surface area contributed by atoms with E-state index in [2.05, 4.69) is 10.3 Å². The molecule has 1 unspecified atom stereocenters. The molecule has 4 heterocycles. The molecule has 7 rings (SSSR count). The average molecular weight is 501 g/mol. The quantitative estimate of drug-likeness (QED) is 0.256. The molecule has 0 aliphatic carbocycles. The van der Waals surface area contributed by atoms with Crippen molar-refractivity contribution in [2.24, 2.45) is 4.99 Å². The van der Waals surface area contributed by atoms with Crippen LogP contribution in [0.3, 0.4) is 0 Å². The maximum absolute atomic E-state index is 13.2. The van der Waals surface area contributed by atoms with Crippen LogP contribution in [0.2, 0.25) is 0 Å². The van der Waals surface area contributed by atoms with Gasteiger partial charge in [-0.1, -0.05) is 54.6 Å². The third-order valence-electron chi connectivity index (χ3n) is 6.96. The highest BCUT2D eigenvalue weighted by Crippen LogP contribution is 2.41. The standard InChI is InChI=1S/C30H19N3O5/c34-28-23(20-10-4-6-17-12-15-37-27(17)20)24(29(35)32-28)25-21-11-5-7-18-16-22(33(26(18)21)14-13-31-25)30(36)38-19-8-2-1-3-9-19/h1-15,22H,16H2,(H,32,34,35). The van der Waals surface area contributed by atoms with Crippen LogP contribution in [0.4, 0.5) is 5.69 Å². The number of nitrogens with zero attached hydrogens (tertiary/aromatic N) is 2. The number of benzene rings is 3. The number of imide groups is 1. The van der Waals surface area contributed by atoms with Crippen molar-refractivity contribution < 1.29 is 23.5 Å². The third-order valence-corrected chi connectivity index (χ3v) is 6.96. The Bertz CT molecular complexity index is 1760. The third kappa shape index (κ3) is 3.31. The number of amides is 2. The van der Waals surface area contributed by atoms with Crippen LogP contribution >= 0.6 is 0 Å². The number of furan rings is 1. The van der Waals surface area contributed by atoms with Gasteiger partial charge in [0.05, 0.1) is 28.8 Å². The lowest BCUT2D eigenvalue weighted by molar-refractivity contribution is -0.135. The average Bonchev–Trinajstić information content (AvgIpc) is 3.59. The van der Waals surface area contributed by atoms with Crippen molar-refractivity contribution in [3.05, 3.63) is 114 Å². The fraction of sp³-hybridized carbons (Fsp3) is 0.0667. The van der Waals surface area contributed by atoms with E-state index in [0.29, 0.717) is 34.6 Å². The second kappa shape index (κ2) is 8.41. The maximum atomic E-state index is 13.2. The highest BCUT2D eigenvalue weighted by Gasteiger charge is 2.41. The molecule has 8 nitrogen and oxygen atoms in total. The second-order valence-electron chi connectivity index (χ2n) is 9.13. The molecular formula is C30H19N3O5. The van der Waals surface area contributed by atoms with E-state index in [-0.39, 0.29) is 11.1 Å². The van der Waals surface area contributed by atoms with Crippen LogP contribution in [0, 0.1) is 0 Å². The number of hydrogen-bond donors (Lipinski definition) is 1. The first-order valence-electron chi connectivity index (χ1n) is 12.1. The fourth-order valence-corrected chi connectivity index (χ4v) is 5.34. The van der Waals surface area contributed by atoms with Crippen LogP contribution in [-0.2, 0) is 20.8 Å². The molecule has 0 spiro atoms. The first kappa shape index (κ1) is 22.0. The van der Waals surface area contributed by atoms with Crippen LogP contribution in [-0.4, -0.2) is 29.5 Å². The highest BCUT2D eigenvalue weighted by molar-refractivity contribution is 6.48. The molecule has 4 aromatic rings. The van der Waals surface area contributed by atoms with E-state index >= 15 is 0 Å². The molecule has 0 radical (unpaired) electrons. The molecule has 38 heavy (non-hydrogen) atoms. The molecule has 8 heteroatoms. The summed E-state index contributed by atoms with van der Waals surface area (Å²) < 4.78 is 11.3. The molecule has 1 aromatic heterocycles. The Morgan fingerprint density at radius 2 is 1.71 bits per heavy atom. The van der Waals surface area contributed by atoms with E-state index in [9.17, 15) is 14.4 Å². The van der Waals surface area contributed by atoms with Gasteiger partial charge in [0.15, 0.2) is 0 Å². The Morgan fingerprint density at radius 3 is 2.58 bits per heavy atom. The van der Waals surface area contributed by atoms with Crippen molar-refractivity contribution >= 4 is 45.7 Å². The van der Waals surface area contributed by atoms with Gasteiger partial charge in [0.1, 0.15) is 17.4 Å². The van der Waals surface area contributed by atoms with Gasteiger partial charge in [0.25, 0.3) is 11.8 Å². The van der Waals surface area contributed by atoms with Gasteiger partial charge in [-0.3, -0.25) is 19.9 Å². The number of carbonyl (C=O) groups is 3. The Hall–Kier alpha value is -5.24. The van der Waals surface area contributed by atoms with E-state index in [1.165, 1.54) is 0 Å². The Kier molecular flexibility index (Phi) is 4.87. The minimum Gasteiger partial charge on any atom is -0.464 e. The van der Waals surface area contributed by atoms with E-state index < -0.39 is 23.8 Å². The van der Waals surface area contributed by atoms with E-state index in [4.69, 9.17) is 9.15 Å². The minimum absolute atomic E-state index is 0.161. The Labute approximate surface area is 216 Å². The largest absolute Gasteiger partial charge is 0.464 e. The van der Waals surface area contributed by atoms with Crippen molar-refractivity contribution in [1.82, 2.24) is 5.32 Å². The van der Waals surface area contributed by atoms with Crippen LogP contribution in [0.25, 0.3) is 16.5 Å². The molecule has 0 bridgehead atoms. The summed E-state index contributed by atoms with van der Waals surface area (Å²) in [5.74, 6) is -0.986.